The van der Waals surface area contributed by atoms with Crippen LogP contribution in [-0.2, 0) is 28.7 Å². The molecular formula is C27H29ClF3N7O3. The van der Waals surface area contributed by atoms with Gasteiger partial charge in [0.05, 0.1) is 35.2 Å². The van der Waals surface area contributed by atoms with Crippen LogP contribution in [0.5, 0.6) is 0 Å². The number of hydrogen-bond acceptors (Lipinski definition) is 7. The van der Waals surface area contributed by atoms with Crippen LogP contribution < -0.4 is 21.1 Å². The van der Waals surface area contributed by atoms with Gasteiger partial charge in [-0.25, -0.2) is 0 Å². The number of amides is 1. The van der Waals surface area contributed by atoms with Gasteiger partial charge in [-0.1, -0.05) is 24.6 Å². The van der Waals surface area contributed by atoms with Crippen LogP contribution in [0.25, 0.3) is 11.4 Å². The van der Waals surface area contributed by atoms with Gasteiger partial charge in [-0.05, 0) is 49.5 Å². The third kappa shape index (κ3) is 5.10. The van der Waals surface area contributed by atoms with E-state index in [4.69, 9.17) is 16.3 Å². The fourth-order valence-electron chi connectivity index (χ4n) is 5.80. The summed E-state index contributed by atoms with van der Waals surface area (Å²) >= 11 is 6.09. The number of anilines is 2. The van der Waals surface area contributed by atoms with E-state index in [0.29, 0.717) is 55.8 Å². The third-order valence-electron chi connectivity index (χ3n) is 7.97. The molecule has 1 saturated carbocycles. The fraction of sp³-hybridized carbons (Fsp3) is 0.481. The lowest BCUT2D eigenvalue weighted by atomic mass is 9.83. The molecule has 0 spiro atoms. The molecule has 2 aromatic heterocycles. The average Bonchev–Trinajstić information content (AvgIpc) is 3.38. The number of carbonyl (C=O) groups excluding carboxylic acids is 1. The third-order valence-corrected chi connectivity index (χ3v) is 8.28. The van der Waals surface area contributed by atoms with E-state index in [9.17, 15) is 22.8 Å². The minimum absolute atomic E-state index is 0.0499. The van der Waals surface area contributed by atoms with Crippen molar-refractivity contribution < 1.29 is 22.7 Å². The smallest absolute Gasteiger partial charge is 0.377 e. The van der Waals surface area contributed by atoms with E-state index in [1.54, 1.807) is 4.57 Å². The first kappa shape index (κ1) is 27.7. The number of piperazine rings is 1. The molecule has 2 N–H and O–H groups in total. The van der Waals surface area contributed by atoms with Crippen molar-refractivity contribution >= 4 is 40.2 Å². The van der Waals surface area contributed by atoms with E-state index in [2.05, 4.69) is 25.6 Å². The van der Waals surface area contributed by atoms with E-state index in [-0.39, 0.29) is 34.6 Å². The first-order valence-corrected chi connectivity index (χ1v) is 14.0. The SMILES string of the molecule is CCc1c(N2CCN[C@H]3CC[C@H]32)c(=O)n2nc(C3=CCOCC3)nc2n1CC(=O)Nc1ccc(C(F)(F)F)cc1Cl. The number of ether oxygens (including phenoxy) is 1. The predicted octanol–water partition coefficient (Wildman–Crippen LogP) is 3.51. The Morgan fingerprint density at radius 2 is 2.12 bits per heavy atom. The normalized spacial score (nSPS) is 20.9. The molecule has 0 radical (unpaired) electrons. The molecule has 218 valence electrons. The molecule has 6 rings (SSSR count). The number of carbonyl (C=O) groups is 1. The lowest BCUT2D eigenvalue weighted by molar-refractivity contribution is -0.137. The Kier molecular flexibility index (Phi) is 7.28. The van der Waals surface area contributed by atoms with E-state index >= 15 is 0 Å². The van der Waals surface area contributed by atoms with Crippen molar-refractivity contribution in [2.24, 2.45) is 0 Å². The topological polar surface area (TPSA) is 106 Å². The van der Waals surface area contributed by atoms with Crippen LogP contribution in [0, 0.1) is 0 Å². The molecule has 10 nitrogen and oxygen atoms in total. The molecular weight excluding hydrogens is 563 g/mol. The van der Waals surface area contributed by atoms with Crippen molar-refractivity contribution in [3.8, 4) is 0 Å². The van der Waals surface area contributed by atoms with Crippen LogP contribution in [0.15, 0.2) is 29.1 Å². The van der Waals surface area contributed by atoms with Crippen LogP contribution in [0.2, 0.25) is 5.02 Å². The number of aromatic nitrogens is 4. The molecule has 1 saturated heterocycles. The van der Waals surface area contributed by atoms with Crippen LogP contribution in [0.3, 0.4) is 0 Å². The fourth-order valence-corrected chi connectivity index (χ4v) is 6.03. The number of nitrogens with one attached hydrogen (secondary N) is 2. The number of halogens is 4. The van der Waals surface area contributed by atoms with Gasteiger partial charge in [0.15, 0.2) is 5.82 Å². The second kappa shape index (κ2) is 10.8. The standard InChI is InChI=1S/C27H29ClF3N7O3/c1-2-20-23(36-10-9-32-19-5-6-21(19)36)25(40)38-26(34-24(35-38)15-7-11-41-12-8-15)37(20)14-22(39)33-18-4-3-16(13-17(18)28)27(29,30)31/h3-4,7,13,19,21,32H,2,5-6,8-12,14H2,1H3,(H,33,39)/t19-,21+/m0/s1. The van der Waals surface area contributed by atoms with Gasteiger partial charge in [0.25, 0.3) is 5.56 Å². The highest BCUT2D eigenvalue weighted by molar-refractivity contribution is 6.33. The molecule has 14 heteroatoms. The first-order chi connectivity index (χ1) is 19.7. The van der Waals surface area contributed by atoms with Gasteiger partial charge in [-0.2, -0.15) is 22.7 Å². The minimum atomic E-state index is -4.56. The van der Waals surface area contributed by atoms with E-state index in [1.165, 1.54) is 4.52 Å². The number of rotatable bonds is 6. The lowest BCUT2D eigenvalue weighted by Gasteiger charge is -2.50. The molecule has 3 aromatic rings. The van der Waals surface area contributed by atoms with E-state index in [1.807, 2.05) is 13.0 Å². The Balaban J connectivity index is 1.42. The first-order valence-electron chi connectivity index (χ1n) is 13.6. The van der Waals surface area contributed by atoms with E-state index < -0.39 is 17.6 Å². The summed E-state index contributed by atoms with van der Waals surface area (Å²) in [4.78, 5) is 34.1. The summed E-state index contributed by atoms with van der Waals surface area (Å²) in [6, 6.07) is 3.21. The zero-order chi connectivity index (χ0) is 28.9. The number of fused-ring (bicyclic) bond motifs is 2. The molecule has 0 unspecified atom stereocenters. The van der Waals surface area contributed by atoms with Crippen molar-refractivity contribution in [3.05, 3.63) is 56.7 Å². The highest BCUT2D eigenvalue weighted by atomic mass is 35.5. The monoisotopic (exact) mass is 591 g/mol. The van der Waals surface area contributed by atoms with Crippen molar-refractivity contribution in [2.75, 3.05) is 36.5 Å². The van der Waals surface area contributed by atoms with Crippen LogP contribution in [0.1, 0.15) is 43.3 Å². The molecule has 1 aromatic carbocycles. The summed E-state index contributed by atoms with van der Waals surface area (Å²) in [5, 5.41) is 10.5. The maximum Gasteiger partial charge on any atom is 0.416 e. The van der Waals surface area contributed by atoms with Crippen LogP contribution in [0.4, 0.5) is 24.5 Å². The molecule has 2 fully saturated rings. The molecule has 1 aliphatic carbocycles. The summed E-state index contributed by atoms with van der Waals surface area (Å²) in [6.07, 6.45) is 0.320. The second-order valence-corrected chi connectivity index (χ2v) is 10.8. The zero-order valence-corrected chi connectivity index (χ0v) is 23.1. The number of benzene rings is 1. The molecule has 1 amide bonds. The van der Waals surface area contributed by atoms with Crippen LogP contribution >= 0.6 is 11.6 Å². The van der Waals surface area contributed by atoms with Gasteiger partial charge in [-0.15, -0.1) is 5.10 Å². The van der Waals surface area contributed by atoms with Gasteiger partial charge in [0, 0.05) is 25.2 Å². The average molecular weight is 592 g/mol. The number of hydrogen-bond donors (Lipinski definition) is 2. The summed E-state index contributed by atoms with van der Waals surface area (Å²) in [6.45, 7) is 3.95. The summed E-state index contributed by atoms with van der Waals surface area (Å²) in [5.74, 6) is 0.0767. The van der Waals surface area contributed by atoms with Gasteiger partial charge >= 0.3 is 6.18 Å². The number of alkyl halides is 3. The summed E-state index contributed by atoms with van der Waals surface area (Å²) in [5.41, 5.74) is 0.835. The van der Waals surface area contributed by atoms with Gasteiger partial charge in [0.1, 0.15) is 12.2 Å². The highest BCUT2D eigenvalue weighted by Gasteiger charge is 2.41. The second-order valence-electron chi connectivity index (χ2n) is 10.4. The van der Waals surface area contributed by atoms with Gasteiger partial charge < -0.3 is 24.8 Å². The largest absolute Gasteiger partial charge is 0.416 e. The molecule has 2 atom stereocenters. The van der Waals surface area contributed by atoms with Crippen molar-refractivity contribution in [1.29, 1.82) is 0 Å². The Bertz CT molecular complexity index is 1600. The van der Waals surface area contributed by atoms with Gasteiger partial charge in [-0.3, -0.25) is 9.59 Å². The molecule has 2 aliphatic heterocycles. The Labute approximate surface area is 238 Å². The van der Waals surface area contributed by atoms with Crippen molar-refractivity contribution in [3.63, 3.8) is 0 Å². The van der Waals surface area contributed by atoms with Crippen molar-refractivity contribution in [1.82, 2.24) is 24.5 Å². The molecule has 0 bridgehead atoms. The maximum atomic E-state index is 14.0. The summed E-state index contributed by atoms with van der Waals surface area (Å²) in [7, 11) is 0. The Morgan fingerprint density at radius 3 is 2.78 bits per heavy atom. The molecule has 3 aliphatic rings. The predicted molar refractivity (Wildman–Crippen MR) is 147 cm³/mol. The quantitative estimate of drug-likeness (QED) is 0.452. The lowest BCUT2D eigenvalue weighted by Crippen LogP contribution is -2.64. The molecule has 4 heterocycles. The summed E-state index contributed by atoms with van der Waals surface area (Å²) < 4.78 is 47.6. The van der Waals surface area contributed by atoms with Gasteiger partial charge in [0.2, 0.25) is 11.7 Å². The zero-order valence-electron chi connectivity index (χ0n) is 22.3. The molecule has 41 heavy (non-hydrogen) atoms. The number of nitrogens with zero attached hydrogens (tertiary/aromatic N) is 5. The minimum Gasteiger partial charge on any atom is -0.377 e. The van der Waals surface area contributed by atoms with Crippen molar-refractivity contribution in [2.45, 2.75) is 57.4 Å². The highest BCUT2D eigenvalue weighted by Crippen LogP contribution is 2.35. The van der Waals surface area contributed by atoms with Crippen LogP contribution in [-0.4, -0.2) is 63.5 Å². The Morgan fingerprint density at radius 1 is 1.29 bits per heavy atom. The maximum absolute atomic E-state index is 14.0. The Hall–Kier alpha value is -3.42. The van der Waals surface area contributed by atoms with E-state index in [0.717, 1.165) is 43.2 Å².